The maximum Gasteiger partial charge on any atom is 0.329 e. The Labute approximate surface area is 245 Å². The average Bonchev–Trinajstić information content (AvgIpc) is 2.92. The largest absolute Gasteiger partial charge is 0.493 e. The number of hydrogen-bond donors (Lipinski definition) is 3. The maximum atomic E-state index is 12.3. The van der Waals surface area contributed by atoms with Crippen molar-refractivity contribution in [3.8, 4) is 11.5 Å². The van der Waals surface area contributed by atoms with Gasteiger partial charge in [-0.1, -0.05) is 49.7 Å². The van der Waals surface area contributed by atoms with E-state index in [-0.39, 0.29) is 19.1 Å². The predicted octanol–water partition coefficient (Wildman–Crippen LogP) is 4.86. The molecule has 0 heterocycles. The first-order chi connectivity index (χ1) is 18.7. The average molecular weight is 663 g/mol. The molecule has 39 heavy (non-hydrogen) atoms. The number of methoxy groups -OCH3 is 1. The first-order valence-corrected chi connectivity index (χ1v) is 13.4. The zero-order valence-corrected chi connectivity index (χ0v) is 24.5. The lowest BCUT2D eigenvalue weighted by molar-refractivity contribution is -0.139. The Morgan fingerprint density at radius 3 is 2.36 bits per heavy atom. The van der Waals surface area contributed by atoms with E-state index in [1.54, 1.807) is 36.4 Å². The van der Waals surface area contributed by atoms with E-state index in [1.165, 1.54) is 18.9 Å². The predicted molar refractivity (Wildman–Crippen MR) is 159 cm³/mol. The minimum absolute atomic E-state index is 0.225. The minimum Gasteiger partial charge on any atom is -0.493 e. The molecule has 0 saturated heterocycles. The molecule has 0 bridgehead atoms. The van der Waals surface area contributed by atoms with Gasteiger partial charge in [-0.15, -0.1) is 0 Å². The molecule has 3 amide bonds. The monoisotopic (exact) mass is 662 g/mol. The van der Waals surface area contributed by atoms with Gasteiger partial charge in [0.25, 0.3) is 5.91 Å². The zero-order valence-electron chi connectivity index (χ0n) is 21.6. The molecule has 204 valence electrons. The van der Waals surface area contributed by atoms with E-state index in [2.05, 4.69) is 35.0 Å². The number of nitrogens with zero attached hydrogens (tertiary/aromatic N) is 1. The molecule has 0 radical (unpaired) electrons. The van der Waals surface area contributed by atoms with Crippen molar-refractivity contribution in [1.29, 1.82) is 0 Å². The Morgan fingerprint density at radius 2 is 1.72 bits per heavy atom. The van der Waals surface area contributed by atoms with Crippen molar-refractivity contribution >= 4 is 63.8 Å². The van der Waals surface area contributed by atoms with E-state index < -0.39 is 11.8 Å². The van der Waals surface area contributed by atoms with Crippen LogP contribution in [0.15, 0.2) is 65.8 Å². The van der Waals surface area contributed by atoms with Crippen molar-refractivity contribution in [2.24, 2.45) is 5.10 Å². The topological polar surface area (TPSA) is 118 Å². The second kappa shape index (κ2) is 14.5. The number of halogens is 2. The molecule has 3 rings (SSSR count). The van der Waals surface area contributed by atoms with Crippen LogP contribution in [0.1, 0.15) is 36.5 Å². The van der Waals surface area contributed by atoms with E-state index in [0.29, 0.717) is 37.3 Å². The number of rotatable bonds is 10. The van der Waals surface area contributed by atoms with Crippen LogP contribution in [0.4, 0.5) is 5.69 Å². The number of carbonyl (C=O) groups excluding carboxylic acids is 3. The number of benzene rings is 3. The highest BCUT2D eigenvalue weighted by Gasteiger charge is 2.15. The molecule has 0 aliphatic carbocycles. The van der Waals surface area contributed by atoms with E-state index in [0.717, 1.165) is 5.56 Å². The summed E-state index contributed by atoms with van der Waals surface area (Å²) in [4.78, 5) is 36.5. The van der Waals surface area contributed by atoms with E-state index >= 15 is 0 Å². The van der Waals surface area contributed by atoms with Gasteiger partial charge in [0, 0.05) is 17.3 Å². The first-order valence-electron chi connectivity index (χ1n) is 11.9. The van der Waals surface area contributed by atoms with Crippen LogP contribution >= 0.6 is 34.2 Å². The third-order valence-electron chi connectivity index (χ3n) is 5.41. The first kappa shape index (κ1) is 29.9. The number of nitrogens with one attached hydrogen (secondary N) is 3. The molecule has 0 aliphatic rings. The summed E-state index contributed by atoms with van der Waals surface area (Å²) in [5.74, 6) is -0.876. The van der Waals surface area contributed by atoms with Gasteiger partial charge in [0.05, 0.1) is 16.9 Å². The van der Waals surface area contributed by atoms with Crippen LogP contribution in [-0.2, 0) is 20.9 Å². The van der Waals surface area contributed by atoms with Crippen LogP contribution in [0.3, 0.4) is 0 Å². The lowest BCUT2D eigenvalue weighted by Crippen LogP contribution is -2.37. The molecule has 0 saturated carbocycles. The minimum atomic E-state index is -0.890. The third kappa shape index (κ3) is 9.25. The second-order valence-electron chi connectivity index (χ2n) is 8.66. The molecular weight excluding hydrogens is 635 g/mol. The lowest BCUT2D eigenvalue weighted by atomic mass is 10.0. The molecule has 0 spiro atoms. The Morgan fingerprint density at radius 1 is 1.03 bits per heavy atom. The number of anilines is 1. The van der Waals surface area contributed by atoms with Crippen LogP contribution in [-0.4, -0.2) is 37.7 Å². The molecule has 0 fully saturated rings. The quantitative estimate of drug-likeness (QED) is 0.124. The standard InChI is InChI=1S/C28H28ClIN4O5/c1-17(2)20-6-4-18(5-7-20)14-31-27(36)28(37)34-32-15-19-12-23(30)26(24(13-19)38-3)39-16-25(35)33-22-10-8-21(29)9-11-22/h4-13,15,17H,14,16H2,1-3H3,(H,31,36)(H,33,35)(H,34,37)/b32-15-. The highest BCUT2D eigenvalue weighted by molar-refractivity contribution is 14.1. The summed E-state index contributed by atoms with van der Waals surface area (Å²) >= 11 is 7.90. The normalized spacial score (nSPS) is 10.8. The van der Waals surface area contributed by atoms with Crippen LogP contribution in [0.2, 0.25) is 5.02 Å². The highest BCUT2D eigenvalue weighted by atomic mass is 127. The SMILES string of the molecule is COc1cc(/C=N\NC(=O)C(=O)NCc2ccc(C(C)C)cc2)cc(I)c1OCC(=O)Nc1ccc(Cl)cc1. The van der Waals surface area contributed by atoms with E-state index in [4.69, 9.17) is 21.1 Å². The highest BCUT2D eigenvalue weighted by Crippen LogP contribution is 2.33. The van der Waals surface area contributed by atoms with E-state index in [9.17, 15) is 14.4 Å². The van der Waals surface area contributed by atoms with Gasteiger partial charge >= 0.3 is 11.8 Å². The van der Waals surface area contributed by atoms with Crippen molar-refractivity contribution < 1.29 is 23.9 Å². The summed E-state index contributed by atoms with van der Waals surface area (Å²) in [6, 6.07) is 17.9. The fourth-order valence-corrected chi connectivity index (χ4v) is 4.23. The fourth-order valence-electron chi connectivity index (χ4n) is 3.32. The van der Waals surface area contributed by atoms with Crippen LogP contribution in [0.5, 0.6) is 11.5 Å². The number of ether oxygens (including phenoxy) is 2. The number of hydrogen-bond acceptors (Lipinski definition) is 6. The second-order valence-corrected chi connectivity index (χ2v) is 10.3. The molecule has 3 aromatic carbocycles. The Kier molecular flexibility index (Phi) is 11.1. The molecule has 0 aliphatic heterocycles. The van der Waals surface area contributed by atoms with Crippen LogP contribution in [0, 0.1) is 3.57 Å². The number of amides is 3. The van der Waals surface area contributed by atoms with Gasteiger partial charge in [0.15, 0.2) is 18.1 Å². The molecule has 0 unspecified atom stereocenters. The van der Waals surface area contributed by atoms with E-state index in [1.807, 2.05) is 46.9 Å². The molecule has 9 nitrogen and oxygen atoms in total. The zero-order chi connectivity index (χ0) is 28.4. The number of carbonyl (C=O) groups is 3. The summed E-state index contributed by atoms with van der Waals surface area (Å²) in [5.41, 5.74) is 5.47. The van der Waals surface area contributed by atoms with Gasteiger partial charge in [0.1, 0.15) is 0 Å². The smallest absolute Gasteiger partial charge is 0.329 e. The summed E-state index contributed by atoms with van der Waals surface area (Å²) < 4.78 is 11.7. The molecule has 3 N–H and O–H groups in total. The summed E-state index contributed by atoms with van der Waals surface area (Å²) in [6.07, 6.45) is 1.37. The van der Waals surface area contributed by atoms with Gasteiger partial charge < -0.3 is 20.1 Å². The summed E-state index contributed by atoms with van der Waals surface area (Å²) in [7, 11) is 1.47. The molecular formula is C28H28ClIN4O5. The van der Waals surface area contributed by atoms with Crippen molar-refractivity contribution in [3.05, 3.63) is 85.9 Å². The molecule has 0 aromatic heterocycles. The fraction of sp³-hybridized carbons (Fsp3) is 0.214. The Bertz CT molecular complexity index is 1350. The van der Waals surface area contributed by atoms with Crippen molar-refractivity contribution in [1.82, 2.24) is 10.7 Å². The summed E-state index contributed by atoms with van der Waals surface area (Å²) in [6.45, 7) is 4.19. The summed E-state index contributed by atoms with van der Waals surface area (Å²) in [5, 5.41) is 9.72. The van der Waals surface area contributed by atoms with Crippen molar-refractivity contribution in [3.63, 3.8) is 0 Å². The van der Waals surface area contributed by atoms with Gasteiger partial charge in [-0.05, 0) is 81.6 Å². The lowest BCUT2D eigenvalue weighted by Gasteiger charge is -2.13. The van der Waals surface area contributed by atoms with Crippen molar-refractivity contribution in [2.75, 3.05) is 19.0 Å². The molecule has 0 atom stereocenters. The van der Waals surface area contributed by atoms with Crippen LogP contribution < -0.4 is 25.5 Å². The van der Waals surface area contributed by atoms with Gasteiger partial charge in [-0.3, -0.25) is 14.4 Å². The third-order valence-corrected chi connectivity index (χ3v) is 6.47. The molecule has 11 heteroatoms. The maximum absolute atomic E-state index is 12.3. The van der Waals surface area contributed by atoms with Crippen molar-refractivity contribution in [2.45, 2.75) is 26.3 Å². The number of hydrazone groups is 1. The van der Waals surface area contributed by atoms with Crippen LogP contribution in [0.25, 0.3) is 0 Å². The molecule has 3 aromatic rings. The van der Waals surface area contributed by atoms with Gasteiger partial charge in [-0.2, -0.15) is 5.10 Å². The Hall–Kier alpha value is -3.64. The Balaban J connectivity index is 1.52. The van der Waals surface area contributed by atoms with Gasteiger partial charge in [0.2, 0.25) is 0 Å². The van der Waals surface area contributed by atoms with Gasteiger partial charge in [-0.25, -0.2) is 5.43 Å².